The minimum atomic E-state index is -2.74. The number of hydrogen-bond acceptors (Lipinski definition) is 7. The lowest BCUT2D eigenvalue weighted by Crippen LogP contribution is -2.29. The monoisotopic (exact) mass is 429 g/mol. The van der Waals surface area contributed by atoms with Crippen LogP contribution in [0.5, 0.6) is 0 Å². The van der Waals surface area contributed by atoms with Crippen LogP contribution in [0, 0.1) is 0 Å². The van der Waals surface area contributed by atoms with Gasteiger partial charge in [0.05, 0.1) is 0 Å². The topological polar surface area (TPSA) is 85.2 Å². The van der Waals surface area contributed by atoms with Crippen molar-refractivity contribution in [3.8, 4) is 0 Å². The molecule has 0 atom stereocenters. The molecule has 4 saturated carbocycles. The summed E-state index contributed by atoms with van der Waals surface area (Å²) in [6, 6.07) is 1.97. The van der Waals surface area contributed by atoms with Gasteiger partial charge in [-0.25, -0.2) is 0 Å². The zero-order valence-electron chi connectivity index (χ0n) is 13.4. The first-order valence-corrected chi connectivity index (χ1v) is 15.7. The van der Waals surface area contributed by atoms with Gasteiger partial charge in [-0.3, -0.25) is 20.3 Å². The largest absolute Gasteiger partial charge is 0.257 e. The molecule has 24 heavy (non-hydrogen) atoms. The van der Waals surface area contributed by atoms with Gasteiger partial charge in [-0.15, -0.1) is 0 Å². The first-order valence-electron chi connectivity index (χ1n) is 8.85. The molecule has 136 valence electrons. The molecule has 0 spiro atoms. The molecule has 4 aliphatic carbocycles. The maximum absolute atomic E-state index is 6.63. The summed E-state index contributed by atoms with van der Waals surface area (Å²) >= 11 is 13.3. The molecule has 1 heterocycles. The molecule has 0 saturated heterocycles. The third-order valence-corrected chi connectivity index (χ3v) is 15.7. The Labute approximate surface area is 152 Å². The van der Waals surface area contributed by atoms with Gasteiger partial charge in [-0.05, 0) is 73.8 Å². The van der Waals surface area contributed by atoms with Gasteiger partial charge in [0.15, 0.2) is 0 Å². The van der Waals surface area contributed by atoms with Crippen molar-refractivity contribution in [3.05, 3.63) is 0 Å². The number of hydrogen-bond donors (Lipinski definition) is 4. The molecule has 12 heteroatoms. The van der Waals surface area contributed by atoms with Crippen LogP contribution in [-0.4, -0.2) is 24.2 Å². The maximum atomic E-state index is 6.63. The second-order valence-electron chi connectivity index (χ2n) is 7.54. The molecule has 0 aromatic rings. The van der Waals surface area contributed by atoms with Gasteiger partial charge < -0.3 is 0 Å². The van der Waals surface area contributed by atoms with Crippen LogP contribution in [0.3, 0.4) is 0 Å². The van der Waals surface area contributed by atoms with Gasteiger partial charge >= 0.3 is 0 Å². The Morgan fingerprint density at radius 3 is 1.21 bits per heavy atom. The van der Waals surface area contributed by atoms with Crippen LogP contribution in [-0.2, 0) is 0 Å². The molecule has 5 rings (SSSR count). The van der Waals surface area contributed by atoms with E-state index in [4.69, 9.17) is 36.0 Å². The van der Waals surface area contributed by atoms with Crippen molar-refractivity contribution in [2.24, 2.45) is 13.5 Å². The van der Waals surface area contributed by atoms with Crippen LogP contribution in [0.1, 0.15) is 51.4 Å². The van der Waals surface area contributed by atoms with Gasteiger partial charge in [0.2, 0.25) is 15.0 Å². The number of rotatable bonds is 8. The highest BCUT2D eigenvalue weighted by Gasteiger charge is 2.44. The molecule has 0 bridgehead atoms. The summed E-state index contributed by atoms with van der Waals surface area (Å²) in [5.74, 6) is -2.74. The molecule has 5 aliphatic rings. The lowest BCUT2D eigenvalue weighted by Gasteiger charge is -2.34. The van der Waals surface area contributed by atoms with Gasteiger partial charge in [-0.1, -0.05) is 0 Å². The lowest BCUT2D eigenvalue weighted by atomic mass is 10.8. The van der Waals surface area contributed by atoms with Crippen LogP contribution in [0.25, 0.3) is 0 Å². The van der Waals surface area contributed by atoms with Crippen molar-refractivity contribution in [1.82, 2.24) is 20.3 Å². The van der Waals surface area contributed by atoms with E-state index < -0.39 is 20.9 Å². The maximum Gasteiger partial charge on any atom is 0.257 e. The standard InChI is InChI=1S/C12H24Cl2N7P3/c13-22(14)19-23(15-9-1-2-9,16-10-3-4-10)21-24(20-22,17-11-5-6-11)18-12-7-8-12/h9-12,15-18H,1-8H2. The fraction of sp³-hybridized carbons (Fsp3) is 1.00. The van der Waals surface area contributed by atoms with Crippen LogP contribution in [0.2, 0.25) is 0 Å². The van der Waals surface area contributed by atoms with Gasteiger partial charge in [0.25, 0.3) is 5.91 Å². The molecule has 0 radical (unpaired) electrons. The van der Waals surface area contributed by atoms with E-state index in [-0.39, 0.29) is 0 Å². The number of halogens is 2. The molecule has 4 fully saturated rings. The summed E-state index contributed by atoms with van der Waals surface area (Å²) in [7, 11) is -4.62. The fourth-order valence-corrected chi connectivity index (χ4v) is 16.5. The Kier molecular flexibility index (Phi) is 4.35. The van der Waals surface area contributed by atoms with E-state index in [9.17, 15) is 0 Å². The predicted molar refractivity (Wildman–Crippen MR) is 104 cm³/mol. The first kappa shape index (κ1) is 17.2. The highest BCUT2D eigenvalue weighted by molar-refractivity contribution is 8.13. The fourth-order valence-electron chi connectivity index (χ4n) is 2.70. The Hall–Kier alpha value is 1.11. The van der Waals surface area contributed by atoms with Crippen LogP contribution >= 0.6 is 43.4 Å². The SMILES string of the molecule is ClP1(Cl)=NP(NC2CC2)(NC2CC2)=NP(NC2CC2)(NC2CC2)=N1. The number of nitrogens with zero attached hydrogens (tertiary/aromatic N) is 3. The van der Waals surface area contributed by atoms with Crippen molar-refractivity contribution >= 4 is 43.4 Å². The number of nitrogens with one attached hydrogen (secondary N) is 4. The van der Waals surface area contributed by atoms with E-state index in [0.717, 1.165) is 0 Å². The molecule has 7 nitrogen and oxygen atoms in total. The first-order chi connectivity index (χ1) is 11.4. The lowest BCUT2D eigenvalue weighted by molar-refractivity contribution is 0.852. The summed E-state index contributed by atoms with van der Waals surface area (Å²) < 4.78 is 14.9. The molecular formula is C12H24Cl2N7P3. The third kappa shape index (κ3) is 4.32. The Bertz CT molecular complexity index is 636. The molecule has 0 aromatic heterocycles. The molecule has 0 amide bonds. The van der Waals surface area contributed by atoms with Gasteiger partial charge in [0.1, 0.15) is 0 Å². The highest BCUT2D eigenvalue weighted by atomic mass is 35.9. The summed E-state index contributed by atoms with van der Waals surface area (Å²) in [5, 5.41) is 14.8. The molecule has 1 aliphatic heterocycles. The van der Waals surface area contributed by atoms with Crippen molar-refractivity contribution in [2.45, 2.75) is 75.5 Å². The van der Waals surface area contributed by atoms with Crippen LogP contribution in [0.4, 0.5) is 0 Å². The molecule has 0 aromatic carbocycles. The summed E-state index contributed by atoms with van der Waals surface area (Å²) in [5.41, 5.74) is 0. The van der Waals surface area contributed by atoms with E-state index in [1.807, 2.05) is 0 Å². The third-order valence-electron chi connectivity index (χ3n) is 4.49. The van der Waals surface area contributed by atoms with E-state index in [1.165, 1.54) is 51.4 Å². The Morgan fingerprint density at radius 1 is 0.542 bits per heavy atom. The highest BCUT2D eigenvalue weighted by Crippen LogP contribution is 2.79. The molecular weight excluding hydrogens is 406 g/mol. The predicted octanol–water partition coefficient (Wildman–Crippen LogP) is 5.32. The zero-order valence-corrected chi connectivity index (χ0v) is 17.6. The van der Waals surface area contributed by atoms with Crippen LogP contribution < -0.4 is 20.3 Å². The minimum absolute atomic E-state index is 0.493. The molecule has 4 N–H and O–H groups in total. The van der Waals surface area contributed by atoms with Crippen molar-refractivity contribution < 1.29 is 0 Å². The van der Waals surface area contributed by atoms with Crippen molar-refractivity contribution in [2.75, 3.05) is 0 Å². The summed E-state index contributed by atoms with van der Waals surface area (Å²) in [4.78, 5) is 0. The molecule has 0 unspecified atom stereocenters. The van der Waals surface area contributed by atoms with E-state index in [0.29, 0.717) is 24.2 Å². The average molecular weight is 430 g/mol. The minimum Gasteiger partial charge on any atom is -0.250 e. The quantitative estimate of drug-likeness (QED) is 0.393. The van der Waals surface area contributed by atoms with Gasteiger partial charge in [0, 0.05) is 24.2 Å². The Morgan fingerprint density at radius 2 is 0.875 bits per heavy atom. The van der Waals surface area contributed by atoms with E-state index in [2.05, 4.69) is 20.3 Å². The second kappa shape index (κ2) is 6.06. The van der Waals surface area contributed by atoms with Crippen molar-refractivity contribution in [3.63, 3.8) is 0 Å². The van der Waals surface area contributed by atoms with Crippen LogP contribution in [0.15, 0.2) is 13.5 Å². The van der Waals surface area contributed by atoms with Crippen molar-refractivity contribution in [1.29, 1.82) is 0 Å². The zero-order chi connectivity index (χ0) is 16.4. The normalized spacial score (nSPS) is 33.2. The smallest absolute Gasteiger partial charge is 0.250 e. The van der Waals surface area contributed by atoms with Gasteiger partial charge in [-0.2, -0.15) is 13.5 Å². The summed E-state index contributed by atoms with van der Waals surface area (Å²) in [6.07, 6.45) is 9.47. The van der Waals surface area contributed by atoms with E-state index >= 15 is 0 Å². The second-order valence-corrected chi connectivity index (χ2v) is 17.4. The average Bonchev–Trinajstić information content (AvgIpc) is 3.24. The Balaban J connectivity index is 1.58. The summed E-state index contributed by atoms with van der Waals surface area (Å²) in [6.45, 7) is 0. The van der Waals surface area contributed by atoms with E-state index in [1.54, 1.807) is 0 Å².